The van der Waals surface area contributed by atoms with Crippen LogP contribution in [0.1, 0.15) is 23.3 Å². The Kier molecular flexibility index (Phi) is 5.06. The van der Waals surface area contributed by atoms with Crippen LogP contribution in [-0.2, 0) is 18.3 Å². The van der Waals surface area contributed by atoms with Gasteiger partial charge in [0.2, 0.25) is 0 Å². The van der Waals surface area contributed by atoms with E-state index in [2.05, 4.69) is 19.8 Å². The quantitative estimate of drug-likeness (QED) is 0.837. The zero-order valence-corrected chi connectivity index (χ0v) is 13.7. The summed E-state index contributed by atoms with van der Waals surface area (Å²) in [6.45, 7) is 1.77. The number of hydrogen-bond acceptors (Lipinski definition) is 5. The first-order valence-corrected chi connectivity index (χ1v) is 7.76. The maximum absolute atomic E-state index is 12.4. The molecule has 1 aromatic heterocycles. The molecule has 0 spiro atoms. The first-order valence-electron chi connectivity index (χ1n) is 7.76. The number of rotatable bonds is 5. The molecule has 3 rings (SSSR count). The minimum atomic E-state index is -2.83. The van der Waals surface area contributed by atoms with Crippen LogP contribution in [0.15, 0.2) is 24.3 Å². The Bertz CT molecular complexity index is 692. The molecule has 0 N–H and O–H groups in total. The maximum Gasteiger partial charge on any atom is 0.387 e. The first-order chi connectivity index (χ1) is 11.5. The Labute approximate surface area is 139 Å². The monoisotopic (exact) mass is 338 g/mol. The van der Waals surface area contributed by atoms with Gasteiger partial charge in [0.25, 0.3) is 0 Å². The van der Waals surface area contributed by atoms with Gasteiger partial charge in [-0.25, -0.2) is 0 Å². The van der Waals surface area contributed by atoms with Gasteiger partial charge in [0.1, 0.15) is 17.4 Å². The Morgan fingerprint density at radius 2 is 2.21 bits per heavy atom. The van der Waals surface area contributed by atoms with Crippen LogP contribution in [0.3, 0.4) is 0 Å². The Morgan fingerprint density at radius 1 is 1.38 bits per heavy atom. The van der Waals surface area contributed by atoms with Crippen molar-refractivity contribution >= 4 is 0 Å². The maximum atomic E-state index is 12.4. The zero-order valence-electron chi connectivity index (χ0n) is 13.7. The highest BCUT2D eigenvalue weighted by molar-refractivity contribution is 5.30. The largest absolute Gasteiger partial charge is 0.435 e. The predicted octanol–water partition coefficient (Wildman–Crippen LogP) is 2.30. The van der Waals surface area contributed by atoms with Crippen LogP contribution in [0, 0.1) is 6.92 Å². The Hall–Kier alpha value is -2.06. The molecule has 1 saturated heterocycles. The SMILES string of the molecule is Cc1nnc(CN2CCO[C@H](c3cccc(OC(F)F)c3)C2)n1C. The summed E-state index contributed by atoms with van der Waals surface area (Å²) in [4.78, 5) is 2.22. The summed E-state index contributed by atoms with van der Waals surface area (Å²) in [5, 5.41) is 8.25. The van der Waals surface area contributed by atoms with E-state index < -0.39 is 6.61 Å². The minimum Gasteiger partial charge on any atom is -0.435 e. The molecular formula is C16H20F2N4O2. The van der Waals surface area contributed by atoms with Crippen molar-refractivity contribution in [3.8, 4) is 5.75 Å². The van der Waals surface area contributed by atoms with E-state index in [1.54, 1.807) is 12.1 Å². The van der Waals surface area contributed by atoms with Gasteiger partial charge in [-0.05, 0) is 24.6 Å². The average Bonchev–Trinajstić information content (AvgIpc) is 2.87. The van der Waals surface area contributed by atoms with Gasteiger partial charge >= 0.3 is 6.61 Å². The smallest absolute Gasteiger partial charge is 0.387 e. The molecule has 1 fully saturated rings. The second-order valence-electron chi connectivity index (χ2n) is 5.77. The predicted molar refractivity (Wildman–Crippen MR) is 82.8 cm³/mol. The fourth-order valence-electron chi connectivity index (χ4n) is 2.73. The molecule has 0 aliphatic carbocycles. The number of alkyl halides is 2. The van der Waals surface area contributed by atoms with Gasteiger partial charge in [0.05, 0.1) is 19.3 Å². The van der Waals surface area contributed by atoms with Gasteiger partial charge in [0, 0.05) is 20.1 Å². The van der Waals surface area contributed by atoms with Crippen molar-refractivity contribution in [2.45, 2.75) is 26.2 Å². The first kappa shape index (κ1) is 16.8. The Morgan fingerprint density at radius 3 is 2.92 bits per heavy atom. The number of morpholine rings is 1. The van der Waals surface area contributed by atoms with Crippen molar-refractivity contribution in [3.63, 3.8) is 0 Å². The lowest BCUT2D eigenvalue weighted by Crippen LogP contribution is -2.38. The van der Waals surface area contributed by atoms with Crippen molar-refractivity contribution in [1.29, 1.82) is 0 Å². The fraction of sp³-hybridized carbons (Fsp3) is 0.500. The normalized spacial score (nSPS) is 19.0. The van der Waals surface area contributed by atoms with Gasteiger partial charge in [-0.15, -0.1) is 10.2 Å². The highest BCUT2D eigenvalue weighted by Gasteiger charge is 2.24. The zero-order chi connectivity index (χ0) is 17.1. The molecule has 1 atom stereocenters. The molecule has 8 heteroatoms. The molecule has 130 valence electrons. The fourth-order valence-corrected chi connectivity index (χ4v) is 2.73. The number of hydrogen-bond donors (Lipinski definition) is 0. The van der Waals surface area contributed by atoms with Gasteiger partial charge in [0.15, 0.2) is 0 Å². The molecule has 1 aliphatic rings. The average molecular weight is 338 g/mol. The van der Waals surface area contributed by atoms with Crippen LogP contribution in [0.2, 0.25) is 0 Å². The third-order valence-electron chi connectivity index (χ3n) is 4.15. The molecule has 0 amide bonds. The van der Waals surface area contributed by atoms with Crippen LogP contribution < -0.4 is 4.74 Å². The van der Waals surface area contributed by atoms with Crippen LogP contribution in [0.5, 0.6) is 5.75 Å². The summed E-state index contributed by atoms with van der Waals surface area (Å²) >= 11 is 0. The lowest BCUT2D eigenvalue weighted by atomic mass is 10.1. The summed E-state index contributed by atoms with van der Waals surface area (Å²) in [5.74, 6) is 1.90. The van der Waals surface area contributed by atoms with Gasteiger partial charge in [-0.3, -0.25) is 4.90 Å². The molecule has 1 aromatic carbocycles. The third kappa shape index (κ3) is 3.88. The summed E-state index contributed by atoms with van der Waals surface area (Å²) in [6, 6.07) is 6.67. The van der Waals surface area contributed by atoms with Crippen molar-refractivity contribution in [2.24, 2.45) is 7.05 Å². The highest BCUT2D eigenvalue weighted by Crippen LogP contribution is 2.26. The number of ether oxygens (including phenoxy) is 2. The van der Waals surface area contributed by atoms with Crippen molar-refractivity contribution in [3.05, 3.63) is 41.5 Å². The number of aryl methyl sites for hydroxylation is 1. The molecule has 24 heavy (non-hydrogen) atoms. The number of benzene rings is 1. The van der Waals surface area contributed by atoms with Crippen LogP contribution in [-0.4, -0.2) is 46.0 Å². The molecule has 0 unspecified atom stereocenters. The second-order valence-corrected chi connectivity index (χ2v) is 5.77. The molecule has 2 heterocycles. The molecule has 2 aromatic rings. The van der Waals surface area contributed by atoms with Gasteiger partial charge in [-0.1, -0.05) is 12.1 Å². The van der Waals surface area contributed by atoms with E-state index in [0.29, 0.717) is 19.7 Å². The third-order valence-corrected chi connectivity index (χ3v) is 4.15. The molecule has 0 saturated carbocycles. The number of aromatic nitrogens is 3. The van der Waals surface area contributed by atoms with Crippen molar-refractivity contribution in [1.82, 2.24) is 19.7 Å². The number of halogens is 2. The van der Waals surface area contributed by atoms with Crippen LogP contribution in [0.25, 0.3) is 0 Å². The van der Waals surface area contributed by atoms with E-state index in [-0.39, 0.29) is 11.9 Å². The Balaban J connectivity index is 1.68. The molecule has 1 aliphatic heterocycles. The molecule has 6 nitrogen and oxygen atoms in total. The van der Waals surface area contributed by atoms with E-state index in [0.717, 1.165) is 23.8 Å². The van der Waals surface area contributed by atoms with Gasteiger partial charge < -0.3 is 14.0 Å². The summed E-state index contributed by atoms with van der Waals surface area (Å²) in [7, 11) is 1.94. The lowest BCUT2D eigenvalue weighted by Gasteiger charge is -2.32. The van der Waals surface area contributed by atoms with E-state index in [1.165, 1.54) is 6.07 Å². The van der Waals surface area contributed by atoms with E-state index in [1.807, 2.05) is 24.6 Å². The van der Waals surface area contributed by atoms with E-state index in [4.69, 9.17) is 4.74 Å². The highest BCUT2D eigenvalue weighted by atomic mass is 19.3. The van der Waals surface area contributed by atoms with Crippen molar-refractivity contribution < 1.29 is 18.3 Å². The van der Waals surface area contributed by atoms with Crippen LogP contribution in [0.4, 0.5) is 8.78 Å². The molecular weight excluding hydrogens is 318 g/mol. The van der Waals surface area contributed by atoms with E-state index >= 15 is 0 Å². The van der Waals surface area contributed by atoms with E-state index in [9.17, 15) is 8.78 Å². The van der Waals surface area contributed by atoms with Gasteiger partial charge in [-0.2, -0.15) is 8.78 Å². The summed E-state index contributed by atoms with van der Waals surface area (Å²) < 4.78 is 36.9. The standard InChI is InChI=1S/C16H20F2N4O2/c1-11-19-20-15(21(11)2)10-22-6-7-23-14(9-22)12-4-3-5-13(8-12)24-16(17)18/h3-5,8,14,16H,6-7,9-10H2,1-2H3/t14-/m0/s1. The molecule has 0 bridgehead atoms. The van der Waals surface area contributed by atoms with Crippen LogP contribution >= 0.6 is 0 Å². The summed E-state index contributed by atoms with van der Waals surface area (Å²) in [6.07, 6.45) is -0.186. The minimum absolute atomic E-state index is 0.146. The topological polar surface area (TPSA) is 52.4 Å². The molecule has 0 radical (unpaired) electrons. The second kappa shape index (κ2) is 7.23. The lowest BCUT2D eigenvalue weighted by molar-refractivity contribution is -0.0509. The number of nitrogens with zero attached hydrogens (tertiary/aromatic N) is 4. The summed E-state index contributed by atoms with van der Waals surface area (Å²) in [5.41, 5.74) is 0.826. The van der Waals surface area contributed by atoms with Crippen molar-refractivity contribution in [2.75, 3.05) is 19.7 Å².